The molecule has 0 unspecified atom stereocenters. The summed E-state index contributed by atoms with van der Waals surface area (Å²) in [5.74, 6) is 1.69. The number of ether oxygens (including phenoxy) is 2. The first-order chi connectivity index (χ1) is 13.7. The van der Waals surface area contributed by atoms with Gasteiger partial charge in [0, 0.05) is 17.3 Å². The average Bonchev–Trinajstić information content (AvgIpc) is 2.73. The van der Waals surface area contributed by atoms with Crippen molar-refractivity contribution in [2.75, 3.05) is 30.9 Å². The number of benzene rings is 2. The second-order valence-corrected chi connectivity index (χ2v) is 6.11. The Morgan fingerprint density at radius 1 is 1.14 bits per heavy atom. The minimum Gasteiger partial charge on any atom is -0.497 e. The molecule has 0 saturated carbocycles. The summed E-state index contributed by atoms with van der Waals surface area (Å²) in [6.45, 7) is 0.912. The Balaban J connectivity index is 1.51. The smallest absolute Gasteiger partial charge is 0.255 e. The van der Waals surface area contributed by atoms with Crippen LogP contribution in [0.1, 0.15) is 10.4 Å². The van der Waals surface area contributed by atoms with E-state index < -0.39 is 0 Å². The summed E-state index contributed by atoms with van der Waals surface area (Å²) in [7, 11) is 1.58. The van der Waals surface area contributed by atoms with Crippen molar-refractivity contribution in [3.63, 3.8) is 0 Å². The van der Waals surface area contributed by atoms with E-state index in [9.17, 15) is 4.79 Å². The largest absolute Gasteiger partial charge is 0.497 e. The number of hydrogen-bond donors (Lipinski definition) is 2. The number of methoxy groups -OCH3 is 1. The molecule has 2 aromatic carbocycles. The second-order valence-electron chi connectivity index (χ2n) is 5.70. The van der Waals surface area contributed by atoms with E-state index in [2.05, 4.69) is 20.6 Å². The lowest BCUT2D eigenvalue weighted by atomic mass is 10.2. The topological polar surface area (TPSA) is 85.4 Å². The summed E-state index contributed by atoms with van der Waals surface area (Å²) in [6.07, 6.45) is 2.94. The van der Waals surface area contributed by atoms with Gasteiger partial charge in [-0.2, -0.15) is 0 Å². The highest BCUT2D eigenvalue weighted by molar-refractivity contribution is 6.32. The molecule has 0 aliphatic heterocycles. The zero-order valence-corrected chi connectivity index (χ0v) is 15.9. The second kappa shape index (κ2) is 9.57. The van der Waals surface area contributed by atoms with Gasteiger partial charge in [0.1, 0.15) is 35.3 Å². The Kier molecular flexibility index (Phi) is 6.64. The maximum atomic E-state index is 12.3. The number of nitrogens with one attached hydrogen (secondary N) is 2. The van der Waals surface area contributed by atoms with Gasteiger partial charge < -0.3 is 20.1 Å². The molecule has 0 bridgehead atoms. The van der Waals surface area contributed by atoms with Crippen LogP contribution >= 0.6 is 11.6 Å². The van der Waals surface area contributed by atoms with Crippen LogP contribution in [0.15, 0.2) is 61.1 Å². The maximum Gasteiger partial charge on any atom is 0.255 e. The van der Waals surface area contributed by atoms with E-state index in [1.165, 1.54) is 12.5 Å². The molecule has 0 spiro atoms. The van der Waals surface area contributed by atoms with Crippen molar-refractivity contribution < 1.29 is 14.3 Å². The third-order valence-corrected chi connectivity index (χ3v) is 4.05. The molecule has 144 valence electrons. The zero-order valence-electron chi connectivity index (χ0n) is 15.2. The van der Waals surface area contributed by atoms with Crippen LogP contribution in [0.4, 0.5) is 11.5 Å². The Morgan fingerprint density at radius 2 is 1.96 bits per heavy atom. The van der Waals surface area contributed by atoms with Crippen molar-refractivity contribution in [2.24, 2.45) is 0 Å². The van der Waals surface area contributed by atoms with Crippen LogP contribution in [0, 0.1) is 0 Å². The summed E-state index contributed by atoms with van der Waals surface area (Å²) < 4.78 is 10.8. The van der Waals surface area contributed by atoms with Gasteiger partial charge in [-0.25, -0.2) is 9.97 Å². The monoisotopic (exact) mass is 398 g/mol. The molecule has 0 atom stereocenters. The lowest BCUT2D eigenvalue weighted by molar-refractivity contribution is 0.102. The quantitative estimate of drug-likeness (QED) is 0.560. The van der Waals surface area contributed by atoms with Crippen LogP contribution in [-0.4, -0.2) is 36.1 Å². The van der Waals surface area contributed by atoms with E-state index >= 15 is 0 Å². The van der Waals surface area contributed by atoms with Crippen molar-refractivity contribution >= 4 is 29.0 Å². The number of nitrogens with zero attached hydrogens (tertiary/aromatic N) is 2. The Morgan fingerprint density at radius 3 is 2.71 bits per heavy atom. The van der Waals surface area contributed by atoms with Gasteiger partial charge >= 0.3 is 0 Å². The fourth-order valence-corrected chi connectivity index (χ4v) is 2.56. The predicted octanol–water partition coefficient (Wildman–Crippen LogP) is 3.88. The Bertz CT molecular complexity index is 935. The Labute approximate surface area is 167 Å². The molecular weight excluding hydrogens is 380 g/mol. The first-order valence-electron chi connectivity index (χ1n) is 8.53. The maximum absolute atomic E-state index is 12.3. The van der Waals surface area contributed by atoms with Crippen molar-refractivity contribution in [2.45, 2.75) is 0 Å². The predicted molar refractivity (Wildman–Crippen MR) is 108 cm³/mol. The first-order valence-corrected chi connectivity index (χ1v) is 8.91. The molecule has 0 aliphatic carbocycles. The number of carbonyl (C=O) groups is 1. The molecule has 0 saturated heterocycles. The van der Waals surface area contributed by atoms with Gasteiger partial charge in [-0.05, 0) is 36.4 Å². The SMILES string of the molecule is COc1ccc(C(=O)Nc2cccc(OCCNc3ncncc3Cl)c2)cc1. The number of anilines is 2. The highest BCUT2D eigenvalue weighted by Crippen LogP contribution is 2.19. The van der Waals surface area contributed by atoms with Gasteiger partial charge in [0.15, 0.2) is 0 Å². The minimum absolute atomic E-state index is 0.208. The van der Waals surface area contributed by atoms with Gasteiger partial charge in [0.2, 0.25) is 0 Å². The molecule has 1 amide bonds. The number of aromatic nitrogens is 2. The first kappa shape index (κ1) is 19.4. The van der Waals surface area contributed by atoms with E-state index in [-0.39, 0.29) is 5.91 Å². The van der Waals surface area contributed by atoms with Crippen LogP contribution in [0.3, 0.4) is 0 Å². The van der Waals surface area contributed by atoms with Crippen LogP contribution < -0.4 is 20.1 Å². The van der Waals surface area contributed by atoms with Crippen LogP contribution in [0.2, 0.25) is 5.02 Å². The highest BCUT2D eigenvalue weighted by atomic mass is 35.5. The standard InChI is InChI=1S/C20H19ClN4O3/c1-27-16-7-5-14(6-8-16)20(26)25-15-3-2-4-17(11-15)28-10-9-23-19-18(21)12-22-13-24-19/h2-8,11-13H,9-10H2,1H3,(H,25,26)(H,22,23,24). The van der Waals surface area contributed by atoms with Crippen LogP contribution in [-0.2, 0) is 0 Å². The summed E-state index contributed by atoms with van der Waals surface area (Å²) in [6, 6.07) is 14.1. The lowest BCUT2D eigenvalue weighted by Gasteiger charge is -2.11. The summed E-state index contributed by atoms with van der Waals surface area (Å²) in [4.78, 5) is 20.2. The molecule has 7 nitrogen and oxygen atoms in total. The molecule has 3 rings (SSSR count). The summed E-state index contributed by atoms with van der Waals surface area (Å²) >= 11 is 5.98. The van der Waals surface area contributed by atoms with Gasteiger partial charge in [0.05, 0.1) is 19.9 Å². The minimum atomic E-state index is -0.208. The number of amides is 1. The molecule has 0 aliphatic rings. The van der Waals surface area contributed by atoms with Crippen LogP contribution in [0.25, 0.3) is 0 Å². The molecule has 2 N–H and O–H groups in total. The third-order valence-electron chi connectivity index (χ3n) is 3.77. The van der Waals surface area contributed by atoms with E-state index in [0.717, 1.165) is 0 Å². The lowest BCUT2D eigenvalue weighted by Crippen LogP contribution is -2.13. The van der Waals surface area contributed by atoms with Crippen molar-refractivity contribution in [3.05, 3.63) is 71.6 Å². The highest BCUT2D eigenvalue weighted by Gasteiger charge is 2.07. The average molecular weight is 399 g/mol. The van der Waals surface area contributed by atoms with E-state index in [4.69, 9.17) is 21.1 Å². The number of halogens is 1. The number of rotatable bonds is 8. The third kappa shape index (κ3) is 5.34. The van der Waals surface area contributed by atoms with Crippen molar-refractivity contribution in [1.82, 2.24) is 9.97 Å². The molecule has 0 radical (unpaired) electrons. The molecule has 28 heavy (non-hydrogen) atoms. The molecule has 3 aromatic rings. The molecular formula is C20H19ClN4O3. The van der Waals surface area contributed by atoms with Gasteiger partial charge in [-0.1, -0.05) is 17.7 Å². The van der Waals surface area contributed by atoms with E-state index in [0.29, 0.717) is 46.7 Å². The number of hydrogen-bond acceptors (Lipinski definition) is 6. The summed E-state index contributed by atoms with van der Waals surface area (Å²) in [5, 5.41) is 6.37. The zero-order chi connectivity index (χ0) is 19.8. The number of carbonyl (C=O) groups excluding carboxylic acids is 1. The normalized spacial score (nSPS) is 10.2. The Hall–Kier alpha value is -3.32. The molecule has 0 fully saturated rings. The van der Waals surface area contributed by atoms with Crippen molar-refractivity contribution in [3.8, 4) is 11.5 Å². The van der Waals surface area contributed by atoms with E-state index in [1.54, 1.807) is 43.5 Å². The van der Waals surface area contributed by atoms with Crippen molar-refractivity contribution in [1.29, 1.82) is 0 Å². The van der Waals surface area contributed by atoms with Gasteiger partial charge in [-0.15, -0.1) is 0 Å². The summed E-state index contributed by atoms with van der Waals surface area (Å²) in [5.41, 5.74) is 1.18. The van der Waals surface area contributed by atoms with Crippen LogP contribution in [0.5, 0.6) is 11.5 Å². The van der Waals surface area contributed by atoms with Gasteiger partial charge in [0.25, 0.3) is 5.91 Å². The van der Waals surface area contributed by atoms with Gasteiger partial charge in [-0.3, -0.25) is 4.79 Å². The fraction of sp³-hybridized carbons (Fsp3) is 0.150. The molecule has 1 heterocycles. The molecule has 1 aromatic heterocycles. The van der Waals surface area contributed by atoms with E-state index in [1.807, 2.05) is 12.1 Å². The molecule has 8 heteroatoms. The fourth-order valence-electron chi connectivity index (χ4n) is 2.39.